The SMILES string of the molecule is CS(=O)(=O)CSCC(O)(Cn1cncn1)c1ccc(F)cc1F. The first-order chi connectivity index (χ1) is 10.7. The summed E-state index contributed by atoms with van der Waals surface area (Å²) in [7, 11) is -3.24. The van der Waals surface area contributed by atoms with Crippen LogP contribution in [0.15, 0.2) is 30.9 Å². The quantitative estimate of drug-likeness (QED) is 0.795. The minimum Gasteiger partial charge on any atom is -0.382 e. The van der Waals surface area contributed by atoms with E-state index in [0.717, 1.165) is 30.2 Å². The molecule has 0 aliphatic heterocycles. The van der Waals surface area contributed by atoms with E-state index in [-0.39, 0.29) is 22.9 Å². The Kier molecular flexibility index (Phi) is 5.37. The smallest absolute Gasteiger partial charge is 0.156 e. The fraction of sp³-hybridized carbons (Fsp3) is 0.385. The summed E-state index contributed by atoms with van der Waals surface area (Å²) in [6.45, 7) is -0.147. The van der Waals surface area contributed by atoms with Crippen molar-refractivity contribution in [1.29, 1.82) is 0 Å². The Morgan fingerprint density at radius 1 is 1.39 bits per heavy atom. The molecule has 10 heteroatoms. The van der Waals surface area contributed by atoms with Crippen LogP contribution in [0.4, 0.5) is 8.78 Å². The number of aliphatic hydroxyl groups is 1. The van der Waals surface area contributed by atoms with Crippen molar-refractivity contribution in [3.05, 3.63) is 48.1 Å². The third-order valence-corrected chi connectivity index (χ3v) is 6.02. The molecule has 2 rings (SSSR count). The van der Waals surface area contributed by atoms with Crippen LogP contribution in [-0.4, -0.2) is 45.4 Å². The van der Waals surface area contributed by atoms with Gasteiger partial charge in [-0.05, 0) is 6.07 Å². The maximum atomic E-state index is 14.1. The maximum Gasteiger partial charge on any atom is 0.156 e. The normalized spacial score (nSPS) is 14.6. The molecule has 0 amide bonds. The van der Waals surface area contributed by atoms with Crippen LogP contribution in [0.5, 0.6) is 0 Å². The zero-order chi connectivity index (χ0) is 17.1. The van der Waals surface area contributed by atoms with Gasteiger partial charge in [-0.3, -0.25) is 0 Å². The van der Waals surface area contributed by atoms with Gasteiger partial charge in [0.25, 0.3) is 0 Å². The fourth-order valence-electron chi connectivity index (χ4n) is 2.02. The number of halogens is 2. The van der Waals surface area contributed by atoms with E-state index in [2.05, 4.69) is 10.1 Å². The number of nitrogens with zero attached hydrogens (tertiary/aromatic N) is 3. The van der Waals surface area contributed by atoms with Crippen molar-refractivity contribution in [3.8, 4) is 0 Å². The molecular weight excluding hydrogens is 348 g/mol. The number of hydrogen-bond acceptors (Lipinski definition) is 6. The molecule has 0 saturated carbocycles. The topological polar surface area (TPSA) is 85.1 Å². The third kappa shape index (κ3) is 4.98. The first kappa shape index (κ1) is 17.8. The van der Waals surface area contributed by atoms with Crippen LogP contribution < -0.4 is 0 Å². The number of thioether (sulfide) groups is 1. The monoisotopic (exact) mass is 363 g/mol. The third-order valence-electron chi connectivity index (χ3n) is 2.96. The Hall–Kier alpha value is -1.52. The van der Waals surface area contributed by atoms with Crippen LogP contribution in [0.1, 0.15) is 5.56 Å². The molecule has 0 spiro atoms. The van der Waals surface area contributed by atoms with Gasteiger partial charge in [-0.2, -0.15) is 5.10 Å². The molecule has 0 aliphatic rings. The molecule has 1 aromatic carbocycles. The summed E-state index contributed by atoms with van der Waals surface area (Å²) in [5.41, 5.74) is -1.89. The molecule has 0 aliphatic carbocycles. The van der Waals surface area contributed by atoms with Crippen molar-refractivity contribution in [2.45, 2.75) is 12.1 Å². The van der Waals surface area contributed by atoms with E-state index in [1.807, 2.05) is 0 Å². The molecule has 0 fully saturated rings. The van der Waals surface area contributed by atoms with E-state index < -0.39 is 27.1 Å². The van der Waals surface area contributed by atoms with Crippen molar-refractivity contribution in [2.75, 3.05) is 17.1 Å². The Morgan fingerprint density at radius 2 is 2.13 bits per heavy atom. The molecule has 0 radical (unpaired) electrons. The van der Waals surface area contributed by atoms with Gasteiger partial charge < -0.3 is 5.11 Å². The van der Waals surface area contributed by atoms with Gasteiger partial charge >= 0.3 is 0 Å². The molecule has 1 heterocycles. The molecule has 126 valence electrons. The van der Waals surface area contributed by atoms with Gasteiger partial charge in [-0.1, -0.05) is 6.07 Å². The van der Waals surface area contributed by atoms with E-state index in [9.17, 15) is 22.3 Å². The van der Waals surface area contributed by atoms with Crippen molar-refractivity contribution >= 4 is 21.6 Å². The van der Waals surface area contributed by atoms with Gasteiger partial charge in [0.1, 0.15) is 29.9 Å². The summed E-state index contributed by atoms with van der Waals surface area (Å²) in [4.78, 5) is 3.74. The van der Waals surface area contributed by atoms with Gasteiger partial charge in [-0.25, -0.2) is 26.9 Å². The zero-order valence-electron chi connectivity index (χ0n) is 12.2. The van der Waals surface area contributed by atoms with Gasteiger partial charge in [0.15, 0.2) is 9.84 Å². The minimum atomic E-state index is -3.24. The lowest BCUT2D eigenvalue weighted by Crippen LogP contribution is -2.36. The molecule has 1 N–H and O–H groups in total. The number of sulfone groups is 1. The first-order valence-electron chi connectivity index (χ1n) is 6.45. The largest absolute Gasteiger partial charge is 0.382 e. The summed E-state index contributed by atoms with van der Waals surface area (Å²) >= 11 is 0.937. The van der Waals surface area contributed by atoms with Crippen molar-refractivity contribution in [1.82, 2.24) is 14.8 Å². The van der Waals surface area contributed by atoms with E-state index in [4.69, 9.17) is 0 Å². The lowest BCUT2D eigenvalue weighted by Gasteiger charge is -2.28. The van der Waals surface area contributed by atoms with Crippen molar-refractivity contribution in [2.24, 2.45) is 0 Å². The lowest BCUT2D eigenvalue weighted by molar-refractivity contribution is 0.0361. The Morgan fingerprint density at radius 3 is 2.70 bits per heavy atom. The standard InChI is InChI=1S/C13H15F2N3O3S2/c1-23(20,21)9-22-6-13(19,5-18-8-16-7-17-18)11-3-2-10(14)4-12(11)15/h2-4,7-8,19H,5-6,9H2,1H3. The summed E-state index contributed by atoms with van der Waals surface area (Å²) in [6.07, 6.45) is 3.66. The average Bonchev–Trinajstić information content (AvgIpc) is 2.89. The van der Waals surface area contributed by atoms with Gasteiger partial charge in [0, 0.05) is 23.6 Å². The molecule has 0 saturated heterocycles. The Labute approximate surface area is 136 Å². The predicted octanol–water partition coefficient (Wildman–Crippen LogP) is 1.18. The highest BCUT2D eigenvalue weighted by Crippen LogP contribution is 2.30. The highest BCUT2D eigenvalue weighted by molar-refractivity contribution is 8.12. The van der Waals surface area contributed by atoms with Crippen LogP contribution >= 0.6 is 11.8 Å². The van der Waals surface area contributed by atoms with E-state index in [0.29, 0.717) is 6.07 Å². The molecular formula is C13H15F2N3O3S2. The summed E-state index contributed by atoms with van der Waals surface area (Å²) < 4.78 is 50.9. The number of hydrogen-bond donors (Lipinski definition) is 1. The number of aromatic nitrogens is 3. The molecule has 1 unspecified atom stereocenters. The van der Waals surface area contributed by atoms with Crippen LogP contribution in [0.3, 0.4) is 0 Å². The van der Waals surface area contributed by atoms with E-state index >= 15 is 0 Å². The maximum absolute atomic E-state index is 14.1. The highest BCUT2D eigenvalue weighted by atomic mass is 32.3. The van der Waals surface area contributed by atoms with Gasteiger partial charge in [0.05, 0.1) is 11.6 Å². The molecule has 1 aromatic heterocycles. The highest BCUT2D eigenvalue weighted by Gasteiger charge is 2.33. The molecule has 2 aromatic rings. The molecule has 0 bridgehead atoms. The van der Waals surface area contributed by atoms with Crippen molar-refractivity contribution < 1.29 is 22.3 Å². The second-order valence-corrected chi connectivity index (χ2v) is 8.63. The lowest BCUT2D eigenvalue weighted by atomic mass is 9.95. The van der Waals surface area contributed by atoms with Crippen LogP contribution in [-0.2, 0) is 22.0 Å². The first-order valence-corrected chi connectivity index (χ1v) is 9.67. The number of benzene rings is 1. The van der Waals surface area contributed by atoms with Crippen LogP contribution in [0.2, 0.25) is 0 Å². The predicted molar refractivity (Wildman–Crippen MR) is 82.4 cm³/mol. The Balaban J connectivity index is 2.29. The molecule has 23 heavy (non-hydrogen) atoms. The second-order valence-electron chi connectivity index (χ2n) is 5.14. The average molecular weight is 363 g/mol. The zero-order valence-corrected chi connectivity index (χ0v) is 13.8. The Bertz CT molecular complexity index is 769. The fourth-order valence-corrected chi connectivity index (χ4v) is 4.15. The minimum absolute atomic E-state index is 0.109. The summed E-state index contributed by atoms with van der Waals surface area (Å²) in [5, 5.41) is 14.5. The van der Waals surface area contributed by atoms with Crippen molar-refractivity contribution in [3.63, 3.8) is 0 Å². The summed E-state index contributed by atoms with van der Waals surface area (Å²) in [5.74, 6) is -1.78. The van der Waals surface area contributed by atoms with Crippen LogP contribution in [0.25, 0.3) is 0 Å². The summed E-state index contributed by atoms with van der Waals surface area (Å²) in [6, 6.07) is 2.84. The second kappa shape index (κ2) is 6.93. The van der Waals surface area contributed by atoms with Gasteiger partial charge in [-0.15, -0.1) is 11.8 Å². The molecule has 1 atom stereocenters. The van der Waals surface area contributed by atoms with Crippen LogP contribution in [0, 0.1) is 11.6 Å². The van der Waals surface area contributed by atoms with E-state index in [1.54, 1.807) is 0 Å². The van der Waals surface area contributed by atoms with Gasteiger partial charge in [0.2, 0.25) is 0 Å². The van der Waals surface area contributed by atoms with E-state index in [1.165, 1.54) is 17.3 Å². The number of rotatable bonds is 7. The molecule has 6 nitrogen and oxygen atoms in total.